The molecule has 0 radical (unpaired) electrons. The fraction of sp³-hybridized carbons (Fsp3) is 0.500. The predicted octanol–water partition coefficient (Wildman–Crippen LogP) is -0.0403. The fourth-order valence-corrected chi connectivity index (χ4v) is 3.23. The van der Waals surface area contributed by atoms with Crippen molar-refractivity contribution in [2.75, 3.05) is 46.9 Å². The van der Waals surface area contributed by atoms with Gasteiger partial charge < -0.3 is 4.74 Å². The van der Waals surface area contributed by atoms with Gasteiger partial charge in [-0.2, -0.15) is 12.7 Å². The number of rotatable bonds is 6. The summed E-state index contributed by atoms with van der Waals surface area (Å²) in [7, 11) is -0.399. The van der Waals surface area contributed by atoms with Crippen LogP contribution in [0.1, 0.15) is 10.4 Å². The van der Waals surface area contributed by atoms with Crippen LogP contribution in [0.25, 0.3) is 0 Å². The Bertz CT molecular complexity index is 607. The van der Waals surface area contributed by atoms with E-state index >= 15 is 0 Å². The minimum Gasteiger partial charge on any atom is -0.497 e. The summed E-state index contributed by atoms with van der Waals surface area (Å²) in [5, 5.41) is 0. The van der Waals surface area contributed by atoms with E-state index in [1.807, 2.05) is 4.90 Å². The highest BCUT2D eigenvalue weighted by Gasteiger charge is 2.26. The Kier molecular flexibility index (Phi) is 5.52. The first-order valence-corrected chi connectivity index (χ1v) is 8.48. The molecule has 0 aromatic heterocycles. The van der Waals surface area contributed by atoms with Crippen LogP contribution in [0.4, 0.5) is 0 Å². The Labute approximate surface area is 131 Å². The van der Waals surface area contributed by atoms with Gasteiger partial charge in [-0.1, -0.05) is 0 Å². The highest BCUT2D eigenvalue weighted by Crippen LogP contribution is 2.13. The molecule has 0 saturated carbocycles. The van der Waals surface area contributed by atoms with Crippen molar-refractivity contribution in [3.05, 3.63) is 29.8 Å². The van der Waals surface area contributed by atoms with Crippen molar-refractivity contribution in [3.8, 4) is 5.75 Å². The van der Waals surface area contributed by atoms with Gasteiger partial charge >= 0.3 is 0 Å². The molecule has 8 heteroatoms. The van der Waals surface area contributed by atoms with Crippen molar-refractivity contribution in [1.82, 2.24) is 13.9 Å². The van der Waals surface area contributed by atoms with Crippen molar-refractivity contribution in [1.29, 1.82) is 0 Å². The maximum atomic E-state index is 12.2. The van der Waals surface area contributed by atoms with Crippen LogP contribution < -0.4 is 9.46 Å². The van der Waals surface area contributed by atoms with E-state index in [-0.39, 0.29) is 5.78 Å². The molecule has 1 aromatic carbocycles. The third-order valence-electron chi connectivity index (χ3n) is 3.71. The average molecular weight is 327 g/mol. The SMILES string of the molecule is CNS(=O)(=O)N1CCN(CC(=O)c2ccc(OC)cc2)CC1. The minimum atomic E-state index is -3.38. The monoisotopic (exact) mass is 327 g/mol. The van der Waals surface area contributed by atoms with Crippen LogP contribution in [0.3, 0.4) is 0 Å². The van der Waals surface area contributed by atoms with Gasteiger partial charge in [-0.15, -0.1) is 0 Å². The number of hydrogen-bond donors (Lipinski definition) is 1. The van der Waals surface area contributed by atoms with E-state index in [9.17, 15) is 13.2 Å². The Morgan fingerprint density at radius 1 is 1.18 bits per heavy atom. The van der Waals surface area contributed by atoms with Gasteiger partial charge in [-0.3, -0.25) is 9.69 Å². The number of nitrogens with zero attached hydrogens (tertiary/aromatic N) is 2. The maximum absolute atomic E-state index is 12.2. The normalized spacial score (nSPS) is 17.4. The zero-order chi connectivity index (χ0) is 16.2. The molecule has 1 saturated heterocycles. The van der Waals surface area contributed by atoms with E-state index in [0.717, 1.165) is 0 Å². The van der Waals surface area contributed by atoms with Crippen molar-refractivity contribution in [2.45, 2.75) is 0 Å². The van der Waals surface area contributed by atoms with Crippen LogP contribution in [0.2, 0.25) is 0 Å². The van der Waals surface area contributed by atoms with E-state index in [1.165, 1.54) is 11.4 Å². The fourth-order valence-electron chi connectivity index (χ4n) is 2.33. The van der Waals surface area contributed by atoms with Gasteiger partial charge in [0.05, 0.1) is 13.7 Å². The smallest absolute Gasteiger partial charge is 0.279 e. The van der Waals surface area contributed by atoms with Gasteiger partial charge in [0.2, 0.25) is 0 Å². The summed E-state index contributed by atoms with van der Waals surface area (Å²) < 4.78 is 32.1. The third kappa shape index (κ3) is 4.04. The Hall–Kier alpha value is -1.48. The highest BCUT2D eigenvalue weighted by molar-refractivity contribution is 7.87. The number of ether oxygens (including phenoxy) is 1. The van der Waals surface area contributed by atoms with Crippen LogP contribution in [0, 0.1) is 0 Å². The molecule has 1 N–H and O–H groups in total. The zero-order valence-electron chi connectivity index (χ0n) is 12.8. The summed E-state index contributed by atoms with van der Waals surface area (Å²) >= 11 is 0. The number of methoxy groups -OCH3 is 1. The molecule has 0 amide bonds. The van der Waals surface area contributed by atoms with Crippen molar-refractivity contribution < 1.29 is 17.9 Å². The summed E-state index contributed by atoms with van der Waals surface area (Å²) in [6, 6.07) is 6.99. The molecule has 2 rings (SSSR count). The summed E-state index contributed by atoms with van der Waals surface area (Å²) in [6.07, 6.45) is 0. The lowest BCUT2D eigenvalue weighted by Gasteiger charge is -2.33. The Morgan fingerprint density at radius 3 is 2.27 bits per heavy atom. The molecule has 0 bridgehead atoms. The largest absolute Gasteiger partial charge is 0.497 e. The van der Waals surface area contributed by atoms with E-state index in [1.54, 1.807) is 31.4 Å². The first-order valence-electron chi connectivity index (χ1n) is 7.04. The number of Topliss-reactive ketones (excluding diaryl/α,β-unsaturated/α-hetero) is 1. The second-order valence-electron chi connectivity index (χ2n) is 5.04. The number of carbonyl (C=O) groups excluding carboxylic acids is 1. The van der Waals surface area contributed by atoms with Crippen molar-refractivity contribution in [3.63, 3.8) is 0 Å². The van der Waals surface area contributed by atoms with Crippen molar-refractivity contribution in [2.24, 2.45) is 0 Å². The quantitative estimate of drug-likeness (QED) is 0.742. The standard InChI is InChI=1S/C14H21N3O4S/c1-15-22(19,20)17-9-7-16(8-10-17)11-14(18)12-3-5-13(21-2)6-4-12/h3-6,15H,7-11H2,1-2H3. The molecule has 22 heavy (non-hydrogen) atoms. The lowest BCUT2D eigenvalue weighted by Crippen LogP contribution is -2.52. The van der Waals surface area contributed by atoms with E-state index in [2.05, 4.69) is 4.72 Å². The van der Waals surface area contributed by atoms with Gasteiger partial charge in [0.25, 0.3) is 10.2 Å². The molecular weight excluding hydrogens is 306 g/mol. The maximum Gasteiger partial charge on any atom is 0.279 e. The summed E-state index contributed by atoms with van der Waals surface area (Å²) in [5.41, 5.74) is 0.631. The molecule has 0 atom stereocenters. The van der Waals surface area contributed by atoms with Crippen LogP contribution in [0.15, 0.2) is 24.3 Å². The lowest BCUT2D eigenvalue weighted by atomic mass is 10.1. The molecule has 1 aliphatic rings. The number of benzene rings is 1. The lowest BCUT2D eigenvalue weighted by molar-refractivity contribution is 0.0901. The Balaban J connectivity index is 1.88. The summed E-state index contributed by atoms with van der Waals surface area (Å²) in [5.74, 6) is 0.731. The molecule has 1 aliphatic heterocycles. The van der Waals surface area contributed by atoms with Crippen LogP contribution in [0.5, 0.6) is 5.75 Å². The Morgan fingerprint density at radius 2 is 1.77 bits per heavy atom. The second kappa shape index (κ2) is 7.19. The molecule has 0 unspecified atom stereocenters. The first kappa shape index (κ1) is 16.9. The van der Waals surface area contributed by atoms with Gasteiger partial charge in [0.15, 0.2) is 5.78 Å². The number of ketones is 1. The number of piperazine rings is 1. The molecule has 0 aliphatic carbocycles. The van der Waals surface area contributed by atoms with E-state index in [4.69, 9.17) is 4.74 Å². The molecule has 7 nitrogen and oxygen atoms in total. The summed E-state index contributed by atoms with van der Waals surface area (Å²) in [4.78, 5) is 14.2. The minimum absolute atomic E-state index is 0.0209. The van der Waals surface area contributed by atoms with Gasteiger partial charge in [-0.25, -0.2) is 4.72 Å². The van der Waals surface area contributed by atoms with Crippen molar-refractivity contribution >= 4 is 16.0 Å². The van der Waals surface area contributed by atoms with Crippen LogP contribution in [-0.4, -0.2) is 70.3 Å². The van der Waals surface area contributed by atoms with Crippen LogP contribution in [-0.2, 0) is 10.2 Å². The molecule has 122 valence electrons. The van der Waals surface area contributed by atoms with Gasteiger partial charge in [0.1, 0.15) is 5.75 Å². The highest BCUT2D eigenvalue weighted by atomic mass is 32.2. The zero-order valence-corrected chi connectivity index (χ0v) is 13.6. The van der Waals surface area contributed by atoms with E-state index < -0.39 is 10.2 Å². The summed E-state index contributed by atoms with van der Waals surface area (Å²) in [6.45, 7) is 2.16. The van der Waals surface area contributed by atoms with Gasteiger partial charge in [0, 0.05) is 38.8 Å². The molecule has 1 aromatic rings. The predicted molar refractivity (Wildman–Crippen MR) is 83.3 cm³/mol. The van der Waals surface area contributed by atoms with E-state index in [0.29, 0.717) is 44.0 Å². The van der Waals surface area contributed by atoms with Gasteiger partial charge in [-0.05, 0) is 24.3 Å². The molecule has 1 heterocycles. The number of nitrogens with one attached hydrogen (secondary N) is 1. The molecule has 0 spiro atoms. The topological polar surface area (TPSA) is 79.0 Å². The van der Waals surface area contributed by atoms with Crippen LogP contribution >= 0.6 is 0 Å². The molecular formula is C14H21N3O4S. The first-order chi connectivity index (χ1) is 10.5. The average Bonchev–Trinajstić information content (AvgIpc) is 2.55. The third-order valence-corrected chi connectivity index (χ3v) is 5.27. The number of carbonyl (C=O) groups is 1. The molecule has 1 fully saturated rings. The number of hydrogen-bond acceptors (Lipinski definition) is 5. The second-order valence-corrected chi connectivity index (χ2v) is 6.91.